The average Bonchev–Trinajstić information content (AvgIpc) is 3.32. The first-order chi connectivity index (χ1) is 16.7. The summed E-state index contributed by atoms with van der Waals surface area (Å²) in [7, 11) is 0. The third-order valence-electron chi connectivity index (χ3n) is 5.43. The Kier molecular flexibility index (Phi) is 6.64. The summed E-state index contributed by atoms with van der Waals surface area (Å²) >= 11 is 1.04. The minimum atomic E-state index is -1.07. The molecule has 4 rings (SSSR count). The molecule has 3 N–H and O–H groups in total. The van der Waals surface area contributed by atoms with E-state index in [1.54, 1.807) is 24.4 Å². The van der Waals surface area contributed by atoms with Gasteiger partial charge in [0.15, 0.2) is 5.13 Å². The van der Waals surface area contributed by atoms with E-state index in [1.807, 2.05) is 0 Å². The fourth-order valence-corrected chi connectivity index (χ4v) is 4.17. The highest BCUT2D eigenvalue weighted by atomic mass is 32.1. The van der Waals surface area contributed by atoms with Crippen molar-refractivity contribution in [1.82, 2.24) is 15.0 Å². The molecule has 2 aromatic heterocycles. The van der Waals surface area contributed by atoms with Gasteiger partial charge in [0, 0.05) is 17.5 Å². The zero-order valence-electron chi connectivity index (χ0n) is 18.3. The minimum absolute atomic E-state index is 0.0969. The summed E-state index contributed by atoms with van der Waals surface area (Å²) in [4.78, 5) is 25.1. The van der Waals surface area contributed by atoms with Crippen LogP contribution in [0.4, 0.5) is 18.3 Å². The molecular formula is C25H18F3N5OS. The minimum Gasteiger partial charge on any atom is -0.325 e. The van der Waals surface area contributed by atoms with Crippen LogP contribution in [0.3, 0.4) is 0 Å². The van der Waals surface area contributed by atoms with Crippen LogP contribution in [0.25, 0.3) is 11.3 Å². The summed E-state index contributed by atoms with van der Waals surface area (Å²) in [6, 6.07) is 7.67. The Morgan fingerprint density at radius 3 is 2.40 bits per heavy atom. The van der Waals surface area contributed by atoms with Crippen LogP contribution in [0.15, 0.2) is 54.2 Å². The number of aromatic nitrogens is 3. The van der Waals surface area contributed by atoms with E-state index in [1.165, 1.54) is 24.5 Å². The van der Waals surface area contributed by atoms with Gasteiger partial charge in [0.2, 0.25) is 0 Å². The quantitative estimate of drug-likeness (QED) is 0.381. The predicted molar refractivity (Wildman–Crippen MR) is 127 cm³/mol. The van der Waals surface area contributed by atoms with Crippen molar-refractivity contribution in [3.05, 3.63) is 94.1 Å². The molecule has 0 saturated heterocycles. The van der Waals surface area contributed by atoms with Crippen molar-refractivity contribution >= 4 is 22.4 Å². The van der Waals surface area contributed by atoms with Crippen LogP contribution in [0.5, 0.6) is 0 Å². The molecule has 6 nitrogen and oxygen atoms in total. The summed E-state index contributed by atoms with van der Waals surface area (Å²) in [5.41, 5.74) is 5.61. The Labute approximate surface area is 203 Å². The van der Waals surface area contributed by atoms with Crippen molar-refractivity contribution in [3.8, 4) is 23.6 Å². The molecule has 35 heavy (non-hydrogen) atoms. The number of benzene rings is 2. The second-order valence-electron chi connectivity index (χ2n) is 7.68. The van der Waals surface area contributed by atoms with Crippen LogP contribution >= 0.6 is 11.3 Å². The van der Waals surface area contributed by atoms with Crippen molar-refractivity contribution < 1.29 is 18.0 Å². The largest absolute Gasteiger partial charge is 0.325 e. The number of hydrogen-bond donors (Lipinski definition) is 2. The number of carbonyl (C=O) groups is 1. The molecule has 1 atom stereocenters. The van der Waals surface area contributed by atoms with Crippen LogP contribution in [0, 0.1) is 29.8 Å². The monoisotopic (exact) mass is 493 g/mol. The molecule has 10 heteroatoms. The van der Waals surface area contributed by atoms with Gasteiger partial charge >= 0.3 is 0 Å². The number of halogens is 3. The molecule has 0 aliphatic carbocycles. The van der Waals surface area contributed by atoms with Crippen molar-refractivity contribution in [2.45, 2.75) is 18.9 Å². The Bertz CT molecular complexity index is 1410. The number of amides is 1. The van der Waals surface area contributed by atoms with Gasteiger partial charge in [0.1, 0.15) is 23.0 Å². The van der Waals surface area contributed by atoms with Gasteiger partial charge in [0.05, 0.1) is 34.9 Å². The highest BCUT2D eigenvalue weighted by Gasteiger charge is 2.30. The molecule has 0 spiro atoms. The summed E-state index contributed by atoms with van der Waals surface area (Å²) in [6.45, 7) is 1.90. The standard InChI is InChI=1S/C25H18F3N5OS/c1-3-25(2,15-4-6-16(26)7-5-15)21-13-35-24(32-21)33-23(34)22-18(27)8-14(9-19(22)28)20-12-30-17(10-29)11-31-20/h1,4-9,11-13H,10,29H2,2H3,(H,32,33,34). The van der Waals surface area contributed by atoms with Crippen LogP contribution in [0.1, 0.15) is 34.2 Å². The zero-order chi connectivity index (χ0) is 25.2. The van der Waals surface area contributed by atoms with Crippen molar-refractivity contribution in [3.63, 3.8) is 0 Å². The fourth-order valence-electron chi connectivity index (χ4n) is 3.36. The molecular weight excluding hydrogens is 475 g/mol. The Morgan fingerprint density at radius 1 is 1.14 bits per heavy atom. The van der Waals surface area contributed by atoms with Gasteiger partial charge in [-0.25, -0.2) is 18.2 Å². The van der Waals surface area contributed by atoms with E-state index < -0.39 is 34.3 Å². The number of rotatable bonds is 6. The molecule has 4 aromatic rings. The number of terminal acetylenes is 1. The molecule has 2 heterocycles. The van der Waals surface area contributed by atoms with E-state index in [2.05, 4.69) is 26.2 Å². The van der Waals surface area contributed by atoms with Gasteiger partial charge in [-0.1, -0.05) is 18.1 Å². The molecule has 1 amide bonds. The third-order valence-corrected chi connectivity index (χ3v) is 6.18. The molecule has 1 unspecified atom stereocenters. The second-order valence-corrected chi connectivity index (χ2v) is 8.54. The summed E-state index contributed by atoms with van der Waals surface area (Å²) in [6.07, 6.45) is 8.50. The highest BCUT2D eigenvalue weighted by molar-refractivity contribution is 7.14. The van der Waals surface area contributed by atoms with Crippen LogP contribution in [-0.4, -0.2) is 20.9 Å². The SMILES string of the molecule is C#CC(C)(c1ccc(F)cc1)c1csc(NC(=O)c2c(F)cc(-c3cnc(CN)cn3)cc2F)n1. The lowest BCUT2D eigenvalue weighted by atomic mass is 9.81. The lowest BCUT2D eigenvalue weighted by Gasteiger charge is -2.22. The van der Waals surface area contributed by atoms with E-state index in [0.717, 1.165) is 23.5 Å². The Morgan fingerprint density at radius 2 is 1.83 bits per heavy atom. The topological polar surface area (TPSA) is 93.8 Å². The third kappa shape index (κ3) is 4.77. The van der Waals surface area contributed by atoms with E-state index in [4.69, 9.17) is 12.2 Å². The number of carbonyl (C=O) groups excluding carboxylic acids is 1. The fraction of sp³-hybridized carbons (Fsp3) is 0.120. The van der Waals surface area contributed by atoms with Gasteiger partial charge in [0.25, 0.3) is 5.91 Å². The number of nitrogens with two attached hydrogens (primary N) is 1. The number of anilines is 1. The van der Waals surface area contributed by atoms with Crippen LogP contribution in [0.2, 0.25) is 0 Å². The van der Waals surface area contributed by atoms with Gasteiger partial charge in [-0.2, -0.15) is 0 Å². The van der Waals surface area contributed by atoms with Crippen LogP contribution in [-0.2, 0) is 12.0 Å². The number of nitrogens with one attached hydrogen (secondary N) is 1. The smallest absolute Gasteiger partial charge is 0.263 e. The van der Waals surface area contributed by atoms with Gasteiger partial charge in [-0.15, -0.1) is 17.8 Å². The lowest BCUT2D eigenvalue weighted by Crippen LogP contribution is -2.22. The molecule has 0 bridgehead atoms. The Hall–Kier alpha value is -4.07. The van der Waals surface area contributed by atoms with Gasteiger partial charge < -0.3 is 5.73 Å². The molecule has 2 aromatic carbocycles. The first-order valence-electron chi connectivity index (χ1n) is 10.3. The van der Waals surface area contributed by atoms with Gasteiger partial charge in [-0.3, -0.25) is 20.1 Å². The molecule has 0 radical (unpaired) electrons. The summed E-state index contributed by atoms with van der Waals surface area (Å²) < 4.78 is 42.8. The summed E-state index contributed by atoms with van der Waals surface area (Å²) in [5.74, 6) is -0.915. The van der Waals surface area contributed by atoms with Gasteiger partial charge in [-0.05, 0) is 36.8 Å². The maximum atomic E-state index is 14.8. The average molecular weight is 494 g/mol. The normalized spacial score (nSPS) is 12.6. The molecule has 0 aliphatic rings. The van der Waals surface area contributed by atoms with Crippen molar-refractivity contribution in [2.75, 3.05) is 5.32 Å². The lowest BCUT2D eigenvalue weighted by molar-refractivity contribution is 0.101. The second kappa shape index (κ2) is 9.66. The van der Waals surface area contributed by atoms with E-state index >= 15 is 0 Å². The van der Waals surface area contributed by atoms with Crippen LogP contribution < -0.4 is 11.1 Å². The number of thiazole rings is 1. The van der Waals surface area contributed by atoms with Crippen molar-refractivity contribution in [2.24, 2.45) is 5.73 Å². The number of nitrogens with zero attached hydrogens (tertiary/aromatic N) is 3. The van der Waals surface area contributed by atoms with E-state index in [-0.39, 0.29) is 22.9 Å². The van der Waals surface area contributed by atoms with Crippen molar-refractivity contribution in [1.29, 1.82) is 0 Å². The predicted octanol–water partition coefficient (Wildman–Crippen LogP) is 4.67. The first kappa shape index (κ1) is 24.1. The maximum absolute atomic E-state index is 14.8. The maximum Gasteiger partial charge on any atom is 0.263 e. The molecule has 0 aliphatic heterocycles. The Balaban J connectivity index is 1.57. The summed E-state index contributed by atoms with van der Waals surface area (Å²) in [5, 5.41) is 4.13. The zero-order valence-corrected chi connectivity index (χ0v) is 19.2. The van der Waals surface area contributed by atoms with E-state index in [9.17, 15) is 18.0 Å². The molecule has 0 saturated carbocycles. The first-order valence-corrected chi connectivity index (χ1v) is 11.1. The highest BCUT2D eigenvalue weighted by Crippen LogP contribution is 2.34. The van der Waals surface area contributed by atoms with E-state index in [0.29, 0.717) is 17.0 Å². The number of hydrogen-bond acceptors (Lipinski definition) is 6. The molecule has 176 valence electrons. The molecule has 0 fully saturated rings.